The number of nitrogens with zero attached hydrogens (tertiary/aromatic N) is 1. The van der Waals surface area contributed by atoms with E-state index in [1.54, 1.807) is 0 Å². The number of guanidine groups is 1. The third-order valence-corrected chi connectivity index (χ3v) is 2.89. The molecule has 0 atom stereocenters. The van der Waals surface area contributed by atoms with Crippen LogP contribution in [0, 0.1) is 0 Å². The Kier molecular flexibility index (Phi) is 11.5. The summed E-state index contributed by atoms with van der Waals surface area (Å²) < 4.78 is 5.25. The molecule has 0 radical (unpaired) electrons. The lowest BCUT2D eigenvalue weighted by molar-refractivity contribution is 0.145. The monoisotopic (exact) mass is 391 g/mol. The molecule has 5 heteroatoms. The number of rotatable bonds is 8. The van der Waals surface area contributed by atoms with Crippen LogP contribution < -0.4 is 11.1 Å². The van der Waals surface area contributed by atoms with Gasteiger partial charge in [-0.25, -0.2) is 4.99 Å². The predicted octanol–water partition coefficient (Wildman–Crippen LogP) is 2.70. The molecular formula is C15H26IN3O. The van der Waals surface area contributed by atoms with Gasteiger partial charge in [0.1, 0.15) is 0 Å². The van der Waals surface area contributed by atoms with E-state index in [2.05, 4.69) is 35.4 Å². The lowest BCUT2D eigenvalue weighted by Gasteiger charge is -2.07. The molecule has 0 spiro atoms. The van der Waals surface area contributed by atoms with Crippen LogP contribution in [0.2, 0.25) is 0 Å². The smallest absolute Gasteiger partial charge is 0.188 e. The molecule has 4 nitrogen and oxygen atoms in total. The average Bonchev–Trinajstić information content (AvgIpc) is 2.45. The van der Waals surface area contributed by atoms with Crippen molar-refractivity contribution in [2.24, 2.45) is 10.7 Å². The van der Waals surface area contributed by atoms with Crippen LogP contribution in [0.25, 0.3) is 0 Å². The van der Waals surface area contributed by atoms with Crippen molar-refractivity contribution < 1.29 is 4.74 Å². The fourth-order valence-electron chi connectivity index (χ4n) is 1.82. The van der Waals surface area contributed by atoms with E-state index in [0.717, 1.165) is 32.6 Å². The van der Waals surface area contributed by atoms with E-state index < -0.39 is 0 Å². The van der Waals surface area contributed by atoms with Crippen molar-refractivity contribution in [3.05, 3.63) is 35.4 Å². The van der Waals surface area contributed by atoms with E-state index in [0.29, 0.717) is 12.5 Å². The summed E-state index contributed by atoms with van der Waals surface area (Å²) in [4.78, 5) is 4.36. The molecule has 1 rings (SSSR count). The molecule has 0 heterocycles. The normalized spacial score (nSPS) is 11.0. The second kappa shape index (κ2) is 12.0. The molecule has 0 unspecified atom stereocenters. The van der Waals surface area contributed by atoms with Crippen LogP contribution >= 0.6 is 24.0 Å². The van der Waals surface area contributed by atoms with Gasteiger partial charge in [-0.1, -0.05) is 31.2 Å². The lowest BCUT2D eigenvalue weighted by atomic mass is 10.1. The Labute approximate surface area is 139 Å². The Morgan fingerprint density at radius 3 is 2.60 bits per heavy atom. The van der Waals surface area contributed by atoms with Crippen molar-refractivity contribution in [2.45, 2.75) is 33.2 Å². The van der Waals surface area contributed by atoms with Gasteiger partial charge in [-0.2, -0.15) is 0 Å². The standard InChI is InChI=1S/C15H25N3O.HI/c1-3-13-8-5-6-9-14(13)12-18-15(16)17-10-7-11-19-4-2;/h5-6,8-9H,3-4,7,10-12H2,1-2H3,(H3,16,17,18);1H. The second-order valence-electron chi connectivity index (χ2n) is 4.30. The Balaban J connectivity index is 0.00000361. The number of halogens is 1. The maximum absolute atomic E-state index is 5.83. The lowest BCUT2D eigenvalue weighted by Crippen LogP contribution is -2.32. The van der Waals surface area contributed by atoms with Crippen LogP contribution in [0.15, 0.2) is 29.3 Å². The quantitative estimate of drug-likeness (QED) is 0.310. The zero-order valence-corrected chi connectivity index (χ0v) is 14.7. The van der Waals surface area contributed by atoms with Gasteiger partial charge in [0.2, 0.25) is 0 Å². The van der Waals surface area contributed by atoms with Gasteiger partial charge in [0.25, 0.3) is 0 Å². The molecule has 114 valence electrons. The van der Waals surface area contributed by atoms with Crippen LogP contribution in [0.5, 0.6) is 0 Å². The van der Waals surface area contributed by atoms with E-state index in [-0.39, 0.29) is 24.0 Å². The van der Waals surface area contributed by atoms with Gasteiger partial charge in [-0.05, 0) is 30.9 Å². The first-order valence-electron chi connectivity index (χ1n) is 6.96. The van der Waals surface area contributed by atoms with E-state index >= 15 is 0 Å². The van der Waals surface area contributed by atoms with Crippen molar-refractivity contribution in [3.8, 4) is 0 Å². The van der Waals surface area contributed by atoms with Gasteiger partial charge in [-0.3, -0.25) is 0 Å². The molecule has 1 aromatic carbocycles. The molecule has 20 heavy (non-hydrogen) atoms. The predicted molar refractivity (Wildman–Crippen MR) is 95.7 cm³/mol. The van der Waals surface area contributed by atoms with Gasteiger partial charge < -0.3 is 15.8 Å². The molecule has 0 bridgehead atoms. The summed E-state index contributed by atoms with van der Waals surface area (Å²) in [7, 11) is 0. The van der Waals surface area contributed by atoms with Gasteiger partial charge in [-0.15, -0.1) is 24.0 Å². The minimum Gasteiger partial charge on any atom is -0.382 e. The first-order valence-corrected chi connectivity index (χ1v) is 6.96. The van der Waals surface area contributed by atoms with Crippen LogP contribution in [0.4, 0.5) is 0 Å². The molecule has 0 aromatic heterocycles. The van der Waals surface area contributed by atoms with Gasteiger partial charge >= 0.3 is 0 Å². The molecule has 0 aliphatic carbocycles. The number of benzene rings is 1. The average molecular weight is 391 g/mol. The third-order valence-electron chi connectivity index (χ3n) is 2.89. The number of aliphatic imine (C=N–C) groups is 1. The van der Waals surface area contributed by atoms with Crippen LogP contribution in [0.3, 0.4) is 0 Å². The van der Waals surface area contributed by atoms with Crippen LogP contribution in [-0.2, 0) is 17.7 Å². The molecular weight excluding hydrogens is 365 g/mol. The maximum Gasteiger partial charge on any atom is 0.188 e. The molecule has 0 fully saturated rings. The number of hydrogen-bond acceptors (Lipinski definition) is 2. The number of aryl methyl sites for hydroxylation is 1. The second-order valence-corrected chi connectivity index (χ2v) is 4.30. The molecule has 3 N–H and O–H groups in total. The Bertz CT molecular complexity index is 396. The zero-order chi connectivity index (χ0) is 13.9. The summed E-state index contributed by atoms with van der Waals surface area (Å²) in [6, 6.07) is 8.33. The summed E-state index contributed by atoms with van der Waals surface area (Å²) in [5.41, 5.74) is 8.39. The van der Waals surface area contributed by atoms with Crippen molar-refractivity contribution in [2.75, 3.05) is 19.8 Å². The van der Waals surface area contributed by atoms with Crippen molar-refractivity contribution in [3.63, 3.8) is 0 Å². The first kappa shape index (κ1) is 19.2. The summed E-state index contributed by atoms with van der Waals surface area (Å²) >= 11 is 0. The number of nitrogens with two attached hydrogens (primary N) is 1. The molecule has 0 aliphatic rings. The molecule has 0 saturated heterocycles. The minimum atomic E-state index is 0. The Morgan fingerprint density at radius 1 is 1.25 bits per heavy atom. The topological polar surface area (TPSA) is 59.6 Å². The molecule has 0 aliphatic heterocycles. The van der Waals surface area contributed by atoms with Crippen molar-refractivity contribution >= 4 is 29.9 Å². The number of hydrogen-bond donors (Lipinski definition) is 2. The highest BCUT2D eigenvalue weighted by Crippen LogP contribution is 2.10. The van der Waals surface area contributed by atoms with Gasteiger partial charge in [0.15, 0.2) is 5.96 Å². The third kappa shape index (κ3) is 7.69. The summed E-state index contributed by atoms with van der Waals surface area (Å²) in [5.74, 6) is 0.502. The fraction of sp³-hybridized carbons (Fsp3) is 0.533. The van der Waals surface area contributed by atoms with Crippen molar-refractivity contribution in [1.29, 1.82) is 0 Å². The highest BCUT2D eigenvalue weighted by atomic mass is 127. The van der Waals surface area contributed by atoms with Crippen LogP contribution in [-0.4, -0.2) is 25.7 Å². The number of nitrogens with one attached hydrogen (secondary N) is 1. The van der Waals surface area contributed by atoms with Gasteiger partial charge in [0, 0.05) is 19.8 Å². The van der Waals surface area contributed by atoms with E-state index in [9.17, 15) is 0 Å². The van der Waals surface area contributed by atoms with E-state index in [1.807, 2.05) is 13.0 Å². The van der Waals surface area contributed by atoms with E-state index in [4.69, 9.17) is 10.5 Å². The SMILES string of the molecule is CCOCCCNC(N)=NCc1ccccc1CC.I. The maximum atomic E-state index is 5.83. The molecule has 0 amide bonds. The zero-order valence-electron chi connectivity index (χ0n) is 12.4. The largest absolute Gasteiger partial charge is 0.382 e. The Hall–Kier alpha value is -0.820. The molecule has 1 aromatic rings. The summed E-state index contributed by atoms with van der Waals surface area (Å²) in [6.07, 6.45) is 1.96. The Morgan fingerprint density at radius 2 is 1.95 bits per heavy atom. The molecule has 0 saturated carbocycles. The summed E-state index contributed by atoms with van der Waals surface area (Å²) in [6.45, 7) is 7.10. The highest BCUT2D eigenvalue weighted by Gasteiger charge is 1.98. The summed E-state index contributed by atoms with van der Waals surface area (Å²) in [5, 5.41) is 3.10. The van der Waals surface area contributed by atoms with Gasteiger partial charge in [0.05, 0.1) is 6.54 Å². The van der Waals surface area contributed by atoms with Crippen LogP contribution in [0.1, 0.15) is 31.4 Å². The number of ether oxygens (including phenoxy) is 1. The van der Waals surface area contributed by atoms with Crippen molar-refractivity contribution in [1.82, 2.24) is 5.32 Å². The minimum absolute atomic E-state index is 0. The van der Waals surface area contributed by atoms with E-state index in [1.165, 1.54) is 11.1 Å². The highest BCUT2D eigenvalue weighted by molar-refractivity contribution is 14.0. The fourth-order valence-corrected chi connectivity index (χ4v) is 1.82. The first-order chi connectivity index (χ1) is 9.27.